The van der Waals surface area contributed by atoms with E-state index >= 15 is 0 Å². The van der Waals surface area contributed by atoms with Crippen LogP contribution in [0.2, 0.25) is 0 Å². The number of rotatable bonds is 6. The number of nitrogens with zero attached hydrogens (tertiary/aromatic N) is 1. The topological polar surface area (TPSA) is 98.8 Å². The highest BCUT2D eigenvalue weighted by atomic mass is 19.1. The molecule has 35 heavy (non-hydrogen) atoms. The van der Waals surface area contributed by atoms with Crippen LogP contribution in [0.25, 0.3) is 10.8 Å². The summed E-state index contributed by atoms with van der Waals surface area (Å²) in [5.74, 6) is -2.75. The van der Waals surface area contributed by atoms with Crippen LogP contribution >= 0.6 is 0 Å². The number of urea groups is 1. The fraction of sp³-hybridized carbons (Fsp3) is 0.0800. The quantitative estimate of drug-likeness (QED) is 0.390. The number of fused-ring (bicyclic) bond motifs is 1. The van der Waals surface area contributed by atoms with E-state index in [-0.39, 0.29) is 23.1 Å². The molecular formula is C25H19F2N3O5. The lowest BCUT2D eigenvalue weighted by Gasteiger charge is -2.17. The zero-order chi connectivity index (χ0) is 24.9. The van der Waals surface area contributed by atoms with Crippen LogP contribution in [0.1, 0.15) is 10.4 Å². The summed E-state index contributed by atoms with van der Waals surface area (Å²) in [5.41, 5.74) is -0.863. The summed E-state index contributed by atoms with van der Waals surface area (Å²) < 4.78 is 44.4. The van der Waals surface area contributed by atoms with Gasteiger partial charge in [-0.25, -0.2) is 18.6 Å². The maximum Gasteiger partial charge on any atom is 0.326 e. The summed E-state index contributed by atoms with van der Waals surface area (Å²) in [7, 11) is 2.70. The monoisotopic (exact) mass is 479 g/mol. The van der Waals surface area contributed by atoms with Gasteiger partial charge in [0.1, 0.15) is 28.6 Å². The van der Waals surface area contributed by atoms with E-state index in [9.17, 15) is 18.4 Å². The molecule has 0 fully saturated rings. The zero-order valence-corrected chi connectivity index (χ0v) is 18.6. The number of hydrogen-bond donors (Lipinski definition) is 2. The second kappa shape index (κ2) is 10.0. The Labute approximate surface area is 198 Å². The van der Waals surface area contributed by atoms with Gasteiger partial charge in [-0.15, -0.1) is 0 Å². The molecule has 3 aromatic carbocycles. The second-order valence-corrected chi connectivity index (χ2v) is 7.13. The minimum absolute atomic E-state index is 0.0222. The number of methoxy groups -OCH3 is 2. The van der Waals surface area contributed by atoms with Crippen molar-refractivity contribution in [3.63, 3.8) is 0 Å². The van der Waals surface area contributed by atoms with Crippen LogP contribution in [0.5, 0.6) is 23.1 Å². The summed E-state index contributed by atoms with van der Waals surface area (Å²) in [5, 5.41) is 6.03. The summed E-state index contributed by atoms with van der Waals surface area (Å²) in [6.45, 7) is 0. The number of amides is 3. The van der Waals surface area contributed by atoms with Crippen LogP contribution in [-0.2, 0) is 0 Å². The number of carbonyl (C=O) groups excluding carboxylic acids is 2. The van der Waals surface area contributed by atoms with E-state index in [1.807, 2.05) is 41.7 Å². The first-order chi connectivity index (χ1) is 16.9. The van der Waals surface area contributed by atoms with Crippen molar-refractivity contribution < 1.29 is 32.6 Å². The van der Waals surface area contributed by atoms with Crippen LogP contribution in [0, 0.1) is 11.6 Å². The molecule has 0 saturated carbocycles. The van der Waals surface area contributed by atoms with Gasteiger partial charge in [0.05, 0.1) is 20.4 Å². The Morgan fingerprint density at radius 2 is 1.51 bits per heavy atom. The fourth-order valence-electron chi connectivity index (χ4n) is 3.43. The Bertz CT molecular complexity index is 1400. The summed E-state index contributed by atoms with van der Waals surface area (Å²) >= 11 is 0. The van der Waals surface area contributed by atoms with Gasteiger partial charge in [0, 0.05) is 5.39 Å². The van der Waals surface area contributed by atoms with Crippen molar-refractivity contribution in [3.8, 4) is 23.1 Å². The van der Waals surface area contributed by atoms with Gasteiger partial charge in [0.25, 0.3) is 11.8 Å². The van der Waals surface area contributed by atoms with Crippen molar-refractivity contribution in [2.45, 2.75) is 0 Å². The zero-order valence-electron chi connectivity index (χ0n) is 18.6. The number of imide groups is 1. The molecule has 0 atom stereocenters. The number of hydrogen-bond acceptors (Lipinski definition) is 6. The molecule has 8 nitrogen and oxygen atoms in total. The molecule has 0 unspecified atom stereocenters. The number of pyridine rings is 1. The minimum Gasteiger partial charge on any atom is -0.491 e. The van der Waals surface area contributed by atoms with E-state index in [1.165, 1.54) is 20.4 Å². The highest BCUT2D eigenvalue weighted by Gasteiger charge is 2.23. The predicted octanol–water partition coefficient (Wildman–Crippen LogP) is 5.28. The van der Waals surface area contributed by atoms with E-state index in [1.54, 1.807) is 6.07 Å². The maximum absolute atomic E-state index is 13.8. The van der Waals surface area contributed by atoms with Crippen LogP contribution in [0.15, 0.2) is 66.9 Å². The van der Waals surface area contributed by atoms with Crippen molar-refractivity contribution in [1.82, 2.24) is 10.3 Å². The van der Waals surface area contributed by atoms with Gasteiger partial charge in [-0.05, 0) is 23.6 Å². The Morgan fingerprint density at radius 3 is 2.23 bits per heavy atom. The van der Waals surface area contributed by atoms with Gasteiger partial charge in [0.2, 0.25) is 5.75 Å². The van der Waals surface area contributed by atoms with Crippen LogP contribution < -0.4 is 24.8 Å². The van der Waals surface area contributed by atoms with Gasteiger partial charge in [-0.3, -0.25) is 10.1 Å². The SMILES string of the molecule is COc1c(NC(=O)NC(=O)c2c(F)cccc2F)cnc(Oc2cccc3ccccc23)c1OC. The van der Waals surface area contributed by atoms with Crippen molar-refractivity contribution in [3.05, 3.63) is 84.1 Å². The number of benzene rings is 3. The van der Waals surface area contributed by atoms with Crippen LogP contribution in [-0.4, -0.2) is 31.1 Å². The van der Waals surface area contributed by atoms with E-state index in [4.69, 9.17) is 14.2 Å². The van der Waals surface area contributed by atoms with E-state index < -0.39 is 29.1 Å². The molecule has 178 valence electrons. The number of aromatic nitrogens is 1. The highest BCUT2D eigenvalue weighted by molar-refractivity contribution is 6.08. The van der Waals surface area contributed by atoms with E-state index in [2.05, 4.69) is 10.3 Å². The maximum atomic E-state index is 13.8. The van der Waals surface area contributed by atoms with Crippen molar-refractivity contribution >= 4 is 28.4 Å². The minimum atomic E-state index is -1.26. The molecule has 2 N–H and O–H groups in total. The van der Waals surface area contributed by atoms with Gasteiger partial charge in [-0.2, -0.15) is 0 Å². The number of ether oxygens (including phenoxy) is 3. The van der Waals surface area contributed by atoms with Crippen LogP contribution in [0.3, 0.4) is 0 Å². The van der Waals surface area contributed by atoms with Gasteiger partial charge < -0.3 is 19.5 Å². The molecule has 1 aromatic heterocycles. The molecule has 0 aliphatic carbocycles. The van der Waals surface area contributed by atoms with Crippen molar-refractivity contribution in [2.24, 2.45) is 0 Å². The van der Waals surface area contributed by atoms with Crippen LogP contribution in [0.4, 0.5) is 19.3 Å². The number of halogens is 2. The average Bonchev–Trinajstić information content (AvgIpc) is 2.84. The molecule has 4 rings (SSSR count). The van der Waals surface area contributed by atoms with Gasteiger partial charge in [0.15, 0.2) is 5.75 Å². The molecule has 4 aromatic rings. The lowest BCUT2D eigenvalue weighted by molar-refractivity contribution is 0.0959. The number of carbonyl (C=O) groups is 2. The molecule has 0 bridgehead atoms. The first kappa shape index (κ1) is 23.4. The third-order valence-electron chi connectivity index (χ3n) is 4.99. The number of nitrogens with one attached hydrogen (secondary N) is 2. The first-order valence-electron chi connectivity index (χ1n) is 10.3. The molecular weight excluding hydrogens is 460 g/mol. The Morgan fingerprint density at radius 1 is 0.857 bits per heavy atom. The smallest absolute Gasteiger partial charge is 0.326 e. The molecule has 0 aliphatic rings. The first-order valence-corrected chi connectivity index (χ1v) is 10.3. The lowest BCUT2D eigenvalue weighted by atomic mass is 10.1. The third kappa shape index (κ3) is 4.81. The standard InChI is InChI=1S/C25H19F2N3O5/c1-33-21-18(29-25(32)30-23(31)20-16(26)10-6-11-17(20)27)13-28-24(22(21)34-2)35-19-12-5-8-14-7-3-4-9-15(14)19/h3-13H,1-2H3,(H2,29,30,31,32). The molecule has 0 spiro atoms. The third-order valence-corrected chi connectivity index (χ3v) is 4.99. The largest absolute Gasteiger partial charge is 0.491 e. The van der Waals surface area contributed by atoms with E-state index in [0.29, 0.717) is 5.75 Å². The molecule has 10 heteroatoms. The molecule has 0 radical (unpaired) electrons. The second-order valence-electron chi connectivity index (χ2n) is 7.13. The lowest BCUT2D eigenvalue weighted by Crippen LogP contribution is -2.35. The average molecular weight is 479 g/mol. The molecule has 0 saturated heterocycles. The summed E-state index contributed by atoms with van der Waals surface area (Å²) in [4.78, 5) is 28.8. The summed E-state index contributed by atoms with van der Waals surface area (Å²) in [6, 6.07) is 15.0. The van der Waals surface area contributed by atoms with E-state index in [0.717, 1.165) is 29.0 Å². The predicted molar refractivity (Wildman–Crippen MR) is 124 cm³/mol. The normalized spacial score (nSPS) is 10.5. The van der Waals surface area contributed by atoms with Crippen molar-refractivity contribution in [1.29, 1.82) is 0 Å². The summed E-state index contributed by atoms with van der Waals surface area (Å²) in [6.07, 6.45) is 1.23. The molecule has 0 aliphatic heterocycles. The number of anilines is 1. The molecule has 3 amide bonds. The fourth-order valence-corrected chi connectivity index (χ4v) is 3.43. The van der Waals surface area contributed by atoms with Gasteiger partial charge in [-0.1, -0.05) is 42.5 Å². The Balaban J connectivity index is 1.59. The van der Waals surface area contributed by atoms with Gasteiger partial charge >= 0.3 is 6.03 Å². The molecule has 1 heterocycles. The highest BCUT2D eigenvalue weighted by Crippen LogP contribution is 2.43. The van der Waals surface area contributed by atoms with Crippen molar-refractivity contribution in [2.75, 3.05) is 19.5 Å². The Hall–Kier alpha value is -4.73. The Kier molecular flexibility index (Phi) is 6.72.